The monoisotopic (exact) mass is 515 g/mol. The number of hydrogen-bond donors (Lipinski definition) is 5. The molecule has 1 aliphatic heterocycles. The maximum atomic E-state index is 12.3. The first-order valence-electron chi connectivity index (χ1n) is 10.1. The molecule has 3 rings (SSSR count). The molecule has 8 N–H and O–H groups in total. The van der Waals surface area contributed by atoms with Crippen molar-refractivity contribution < 1.29 is 30.1 Å². The van der Waals surface area contributed by atoms with Crippen molar-refractivity contribution in [2.75, 3.05) is 41.4 Å². The Labute approximate surface area is 229 Å². The van der Waals surface area contributed by atoms with Crippen molar-refractivity contribution in [1.82, 2.24) is 15.3 Å². The molecule has 15 heteroatoms. The third kappa shape index (κ3) is 7.71. The number of carbonyl (C=O) groups is 3. The molecule has 35 heavy (non-hydrogen) atoms. The van der Waals surface area contributed by atoms with Crippen molar-refractivity contribution in [3.8, 4) is 0 Å². The second kappa shape index (κ2) is 13.1. The van der Waals surface area contributed by atoms with Crippen molar-refractivity contribution in [3.63, 3.8) is 0 Å². The Hall–Kier alpha value is -3.07. The number of carboxylic acids is 2. The van der Waals surface area contributed by atoms with Crippen molar-refractivity contribution in [1.29, 1.82) is 0 Å². The first-order valence-corrected chi connectivity index (χ1v) is 10.1. The third-order valence-electron chi connectivity index (χ3n) is 5.23. The number of carboxylic acid groups (broad SMARTS) is 2. The number of aliphatic carboxylic acids is 2. The van der Waals surface area contributed by atoms with E-state index in [2.05, 4.69) is 25.9 Å². The summed E-state index contributed by atoms with van der Waals surface area (Å²) in [4.78, 5) is 54.5. The van der Waals surface area contributed by atoms with Crippen LogP contribution in [0.25, 0.3) is 0 Å². The Bertz CT molecular complexity index is 1110. The summed E-state index contributed by atoms with van der Waals surface area (Å²) in [6.07, 6.45) is -0.862. The van der Waals surface area contributed by atoms with E-state index in [1.165, 1.54) is 12.1 Å². The summed E-state index contributed by atoms with van der Waals surface area (Å²) in [5.41, 5.74) is 6.51. The molecule has 1 amide bonds. The number of nitrogen functional groups attached to an aromatic ring is 1. The molecule has 0 radical (unpaired) electrons. The van der Waals surface area contributed by atoms with Crippen molar-refractivity contribution in [2.24, 2.45) is 0 Å². The van der Waals surface area contributed by atoms with E-state index in [1.54, 1.807) is 24.1 Å². The van der Waals surface area contributed by atoms with Gasteiger partial charge in [-0.15, -0.1) is 0 Å². The van der Waals surface area contributed by atoms with Gasteiger partial charge in [-0.05, 0) is 37.1 Å². The smallest absolute Gasteiger partial charge is 0.550 e. The zero-order valence-electron chi connectivity index (χ0n) is 18.9. The SMILES string of the molecule is CN1c2c(nc(N)[nH]c2=O)NC[C@@H]1CNc1ccc(C(=O)N[C@@H](CCC(=O)[O-])C(=O)[O-])cc1.O.[Ca+2]. The second-order valence-corrected chi connectivity index (χ2v) is 7.51. The zero-order chi connectivity index (χ0) is 24.1. The number of nitrogens with two attached hydrogens (primary N) is 1. The first kappa shape index (κ1) is 30.0. The molecule has 2 heterocycles. The minimum atomic E-state index is -1.58. The van der Waals surface area contributed by atoms with Gasteiger partial charge in [0, 0.05) is 37.4 Å². The summed E-state index contributed by atoms with van der Waals surface area (Å²) in [7, 11) is 1.78. The Morgan fingerprint density at radius 3 is 2.51 bits per heavy atom. The predicted octanol–water partition coefficient (Wildman–Crippen LogP) is -4.13. The van der Waals surface area contributed by atoms with Crippen LogP contribution in [0.4, 0.5) is 23.1 Å². The van der Waals surface area contributed by atoms with Crippen LogP contribution >= 0.6 is 0 Å². The van der Waals surface area contributed by atoms with Gasteiger partial charge in [0.2, 0.25) is 5.95 Å². The fourth-order valence-electron chi connectivity index (χ4n) is 3.41. The number of aromatic nitrogens is 2. The van der Waals surface area contributed by atoms with Crippen LogP contribution < -0.4 is 42.4 Å². The van der Waals surface area contributed by atoms with Crippen LogP contribution in [0.2, 0.25) is 0 Å². The van der Waals surface area contributed by atoms with Crippen LogP contribution in [0.3, 0.4) is 0 Å². The summed E-state index contributed by atoms with van der Waals surface area (Å²) in [6, 6.07) is 4.75. The average Bonchev–Trinajstić information content (AvgIpc) is 2.75. The molecule has 1 aromatic heterocycles. The number of likely N-dealkylation sites (N-methyl/N-ethyl adjacent to an activating group) is 1. The molecule has 1 aliphatic rings. The quantitative estimate of drug-likeness (QED) is 0.201. The van der Waals surface area contributed by atoms with Crippen LogP contribution in [0, 0.1) is 0 Å². The van der Waals surface area contributed by atoms with Crippen molar-refractivity contribution >= 4 is 78.7 Å². The summed E-state index contributed by atoms with van der Waals surface area (Å²) in [6.45, 7) is 0.984. The van der Waals surface area contributed by atoms with Gasteiger partial charge in [-0.25, -0.2) is 0 Å². The Morgan fingerprint density at radius 2 is 1.91 bits per heavy atom. The van der Waals surface area contributed by atoms with Crippen LogP contribution in [0.5, 0.6) is 0 Å². The molecule has 0 fully saturated rings. The topological polar surface area (TPSA) is 240 Å². The Morgan fingerprint density at radius 1 is 1.26 bits per heavy atom. The van der Waals surface area contributed by atoms with E-state index in [-0.39, 0.29) is 72.7 Å². The largest absolute Gasteiger partial charge is 2.00 e. The molecular weight excluding hydrogens is 490 g/mol. The predicted molar refractivity (Wildman–Crippen MR) is 125 cm³/mol. The summed E-state index contributed by atoms with van der Waals surface area (Å²) >= 11 is 0. The van der Waals surface area contributed by atoms with E-state index < -0.39 is 30.3 Å². The minimum absolute atomic E-state index is 0. The molecular formula is C20H25CaN7O7. The normalized spacial score (nSPS) is 14.8. The molecule has 0 bridgehead atoms. The van der Waals surface area contributed by atoms with Crippen LogP contribution in [0.1, 0.15) is 23.2 Å². The molecule has 0 saturated heterocycles. The van der Waals surface area contributed by atoms with Gasteiger partial charge >= 0.3 is 37.7 Å². The molecule has 0 saturated carbocycles. The van der Waals surface area contributed by atoms with Crippen LogP contribution in [0.15, 0.2) is 29.1 Å². The standard InChI is InChI=1S/C20H25N7O6.Ca.H2O/c1-27-12(9-23-16-15(27)18(31)26-20(21)25-16)8-22-11-4-2-10(3-5-11)17(30)24-13(19(32)33)6-7-14(28)29;;/h2-5,12-13,22H,6-9H2,1H3,(H,24,30)(H,28,29)(H,32,33)(H4,21,23,25,26,31);;1H2/q;+2;/p-2/t12-,13-;;/m0../s1. The van der Waals surface area contributed by atoms with Gasteiger partial charge < -0.3 is 51.9 Å². The maximum Gasteiger partial charge on any atom is 2.00 e. The van der Waals surface area contributed by atoms with Gasteiger partial charge in [-0.1, -0.05) is 0 Å². The molecule has 14 nitrogen and oxygen atoms in total. The average molecular weight is 516 g/mol. The van der Waals surface area contributed by atoms with Gasteiger partial charge in [0.25, 0.3) is 11.5 Å². The van der Waals surface area contributed by atoms with Gasteiger partial charge in [-0.2, -0.15) is 4.98 Å². The van der Waals surface area contributed by atoms with E-state index in [0.29, 0.717) is 30.3 Å². The molecule has 0 aliphatic carbocycles. The maximum absolute atomic E-state index is 12.3. The van der Waals surface area contributed by atoms with E-state index in [0.717, 1.165) is 0 Å². The molecule has 0 unspecified atom stereocenters. The van der Waals surface area contributed by atoms with Crippen LogP contribution in [-0.4, -0.2) is 103 Å². The van der Waals surface area contributed by atoms with Gasteiger partial charge in [0.05, 0.1) is 18.1 Å². The number of H-pyrrole nitrogens is 1. The molecule has 0 spiro atoms. The molecule has 1 aromatic carbocycles. The summed E-state index contributed by atoms with van der Waals surface area (Å²) in [5, 5.41) is 30.2. The summed E-state index contributed by atoms with van der Waals surface area (Å²) < 4.78 is 0. The number of carbonyl (C=O) groups excluding carboxylic acids is 3. The van der Waals surface area contributed by atoms with Crippen molar-refractivity contribution in [2.45, 2.75) is 24.9 Å². The van der Waals surface area contributed by atoms with Gasteiger partial charge in [0.15, 0.2) is 5.82 Å². The Kier molecular flexibility index (Phi) is 11.2. The molecule has 2 atom stereocenters. The zero-order valence-corrected chi connectivity index (χ0v) is 21.1. The van der Waals surface area contributed by atoms with E-state index in [4.69, 9.17) is 5.73 Å². The number of nitrogens with one attached hydrogen (secondary N) is 4. The number of nitrogens with zero attached hydrogens (tertiary/aromatic N) is 2. The second-order valence-electron chi connectivity index (χ2n) is 7.51. The number of hydrogen-bond acceptors (Lipinski definition) is 11. The van der Waals surface area contributed by atoms with E-state index >= 15 is 0 Å². The number of aromatic amines is 1. The summed E-state index contributed by atoms with van der Waals surface area (Å²) in [5.74, 6) is -3.22. The number of benzene rings is 1. The van der Waals surface area contributed by atoms with Crippen LogP contribution in [-0.2, 0) is 9.59 Å². The third-order valence-corrected chi connectivity index (χ3v) is 5.23. The van der Waals surface area contributed by atoms with E-state index in [9.17, 15) is 29.4 Å². The number of anilines is 4. The Balaban J connectivity index is 0.00000306. The van der Waals surface area contributed by atoms with Gasteiger partial charge in [-0.3, -0.25) is 14.6 Å². The number of amides is 1. The van der Waals surface area contributed by atoms with Gasteiger partial charge in [0.1, 0.15) is 5.69 Å². The first-order chi connectivity index (χ1) is 15.7. The number of rotatable bonds is 9. The number of fused-ring (bicyclic) bond motifs is 1. The fourth-order valence-corrected chi connectivity index (χ4v) is 3.41. The van der Waals surface area contributed by atoms with Crippen molar-refractivity contribution in [3.05, 3.63) is 40.2 Å². The van der Waals surface area contributed by atoms with E-state index in [1.807, 2.05) is 0 Å². The fraction of sp³-hybridized carbons (Fsp3) is 0.350. The minimum Gasteiger partial charge on any atom is -0.550 e. The molecule has 2 aromatic rings. The molecule has 184 valence electrons.